The number of likely N-dealkylation sites (tertiary alicyclic amines) is 2. The van der Waals surface area contributed by atoms with Crippen molar-refractivity contribution in [2.45, 2.75) is 38.3 Å². The van der Waals surface area contributed by atoms with E-state index >= 15 is 0 Å². The average Bonchev–Trinajstić information content (AvgIpc) is 3.37. The van der Waals surface area contributed by atoms with Gasteiger partial charge in [-0.05, 0) is 32.4 Å². The van der Waals surface area contributed by atoms with E-state index in [0.717, 1.165) is 64.9 Å². The highest BCUT2D eigenvalue weighted by molar-refractivity contribution is 5.85. The first kappa shape index (κ1) is 21.3. The Morgan fingerprint density at radius 3 is 2.68 bits per heavy atom. The smallest absolute Gasteiger partial charge is 0.243 e. The average molecular weight is 395 g/mol. The SMILES string of the molecule is CCN1CCCC1CNC(=NCC(=O)N(C)C)N1CCC(N2CCOCC2)C1. The lowest BCUT2D eigenvalue weighted by Crippen LogP contribution is -2.49. The zero-order chi connectivity index (χ0) is 19.9. The summed E-state index contributed by atoms with van der Waals surface area (Å²) >= 11 is 0. The van der Waals surface area contributed by atoms with Crippen LogP contribution in [0.4, 0.5) is 0 Å². The summed E-state index contributed by atoms with van der Waals surface area (Å²) in [7, 11) is 3.57. The molecule has 3 rings (SSSR count). The molecule has 1 N–H and O–H groups in total. The second kappa shape index (κ2) is 10.4. The quantitative estimate of drug-likeness (QED) is 0.502. The Morgan fingerprint density at radius 1 is 1.18 bits per heavy atom. The number of hydrogen-bond acceptors (Lipinski definition) is 5. The molecular weight excluding hydrogens is 356 g/mol. The molecule has 160 valence electrons. The van der Waals surface area contributed by atoms with Crippen LogP contribution >= 0.6 is 0 Å². The van der Waals surface area contributed by atoms with Crippen molar-refractivity contribution in [2.24, 2.45) is 4.99 Å². The molecule has 8 heteroatoms. The Morgan fingerprint density at radius 2 is 1.96 bits per heavy atom. The molecule has 28 heavy (non-hydrogen) atoms. The third kappa shape index (κ3) is 5.58. The number of nitrogens with zero attached hydrogens (tertiary/aromatic N) is 5. The van der Waals surface area contributed by atoms with E-state index in [9.17, 15) is 4.79 Å². The molecule has 0 radical (unpaired) electrons. The molecule has 0 spiro atoms. The van der Waals surface area contributed by atoms with Crippen LogP contribution in [0.1, 0.15) is 26.2 Å². The predicted octanol–water partition coefficient (Wildman–Crippen LogP) is -0.0890. The van der Waals surface area contributed by atoms with Crippen molar-refractivity contribution in [3.8, 4) is 0 Å². The van der Waals surface area contributed by atoms with E-state index in [2.05, 4.69) is 26.9 Å². The molecule has 3 heterocycles. The Labute approximate surface area is 169 Å². The van der Waals surface area contributed by atoms with Crippen LogP contribution in [-0.2, 0) is 9.53 Å². The standard InChI is InChI=1S/C20H38N6O2/c1-4-24-8-5-6-17(24)14-21-20(22-15-19(27)23(2)3)26-9-7-18(16-26)25-10-12-28-13-11-25/h17-18H,4-16H2,1-3H3,(H,21,22). The highest BCUT2D eigenvalue weighted by Gasteiger charge is 2.31. The normalized spacial score (nSPS) is 27.4. The summed E-state index contributed by atoms with van der Waals surface area (Å²) < 4.78 is 5.50. The van der Waals surface area contributed by atoms with E-state index in [1.807, 2.05) is 0 Å². The molecule has 1 amide bonds. The third-order valence-electron chi connectivity index (χ3n) is 6.29. The van der Waals surface area contributed by atoms with Crippen LogP contribution in [0.25, 0.3) is 0 Å². The molecule has 8 nitrogen and oxygen atoms in total. The van der Waals surface area contributed by atoms with E-state index in [-0.39, 0.29) is 12.5 Å². The van der Waals surface area contributed by atoms with Gasteiger partial charge in [0.15, 0.2) is 5.96 Å². The molecular formula is C20H38N6O2. The van der Waals surface area contributed by atoms with Gasteiger partial charge in [-0.25, -0.2) is 4.99 Å². The highest BCUT2D eigenvalue weighted by Crippen LogP contribution is 2.18. The maximum Gasteiger partial charge on any atom is 0.243 e. The van der Waals surface area contributed by atoms with Gasteiger partial charge >= 0.3 is 0 Å². The molecule has 3 aliphatic heterocycles. The van der Waals surface area contributed by atoms with E-state index < -0.39 is 0 Å². The van der Waals surface area contributed by atoms with Gasteiger partial charge in [0.05, 0.1) is 13.2 Å². The van der Waals surface area contributed by atoms with Gasteiger partial charge < -0.3 is 19.9 Å². The Bertz CT molecular complexity index is 535. The van der Waals surface area contributed by atoms with Crippen molar-refractivity contribution in [2.75, 3.05) is 79.7 Å². The van der Waals surface area contributed by atoms with Gasteiger partial charge in [0.1, 0.15) is 6.54 Å². The van der Waals surface area contributed by atoms with Crippen LogP contribution < -0.4 is 5.32 Å². The predicted molar refractivity (Wildman–Crippen MR) is 112 cm³/mol. The third-order valence-corrected chi connectivity index (χ3v) is 6.29. The Kier molecular flexibility index (Phi) is 7.93. The molecule has 3 fully saturated rings. The summed E-state index contributed by atoms with van der Waals surface area (Å²) in [6.45, 7) is 11.3. The first-order valence-electron chi connectivity index (χ1n) is 10.9. The summed E-state index contributed by atoms with van der Waals surface area (Å²) in [5.41, 5.74) is 0. The monoisotopic (exact) mass is 394 g/mol. The maximum absolute atomic E-state index is 12.1. The largest absolute Gasteiger partial charge is 0.379 e. The number of guanidine groups is 1. The van der Waals surface area contributed by atoms with Crippen molar-refractivity contribution < 1.29 is 9.53 Å². The van der Waals surface area contributed by atoms with Crippen molar-refractivity contribution in [1.82, 2.24) is 24.9 Å². The van der Waals surface area contributed by atoms with Crippen LogP contribution in [0, 0.1) is 0 Å². The van der Waals surface area contributed by atoms with Gasteiger partial charge in [-0.15, -0.1) is 0 Å². The summed E-state index contributed by atoms with van der Waals surface area (Å²) in [6.07, 6.45) is 3.66. The number of likely N-dealkylation sites (N-methyl/N-ethyl adjacent to an activating group) is 2. The molecule has 0 aromatic carbocycles. The van der Waals surface area contributed by atoms with Gasteiger partial charge in [-0.3, -0.25) is 14.6 Å². The molecule has 0 aliphatic carbocycles. The van der Waals surface area contributed by atoms with Gasteiger partial charge in [-0.2, -0.15) is 0 Å². The number of carbonyl (C=O) groups is 1. The second-order valence-corrected chi connectivity index (χ2v) is 8.27. The minimum atomic E-state index is 0.0410. The van der Waals surface area contributed by atoms with Gasteiger partial charge in [0.2, 0.25) is 5.91 Å². The molecule has 2 unspecified atom stereocenters. The maximum atomic E-state index is 12.1. The molecule has 2 atom stereocenters. The fourth-order valence-electron chi connectivity index (χ4n) is 4.48. The number of morpholine rings is 1. The van der Waals surface area contributed by atoms with Gasteiger partial charge in [0.25, 0.3) is 0 Å². The zero-order valence-corrected chi connectivity index (χ0v) is 17.9. The topological polar surface area (TPSA) is 63.7 Å². The van der Waals surface area contributed by atoms with E-state index in [1.54, 1.807) is 19.0 Å². The van der Waals surface area contributed by atoms with Crippen LogP contribution in [0.3, 0.4) is 0 Å². The lowest BCUT2D eigenvalue weighted by Gasteiger charge is -2.32. The van der Waals surface area contributed by atoms with Crippen molar-refractivity contribution in [3.63, 3.8) is 0 Å². The number of nitrogens with one attached hydrogen (secondary N) is 1. The summed E-state index contributed by atoms with van der Waals surface area (Å²) in [4.78, 5) is 25.8. The molecule has 3 aliphatic rings. The number of amides is 1. The number of aliphatic imine (C=N–C) groups is 1. The molecule has 0 bridgehead atoms. The summed E-state index contributed by atoms with van der Waals surface area (Å²) in [6, 6.07) is 1.12. The van der Waals surface area contributed by atoms with E-state index in [4.69, 9.17) is 9.73 Å². The Hall–Kier alpha value is -1.38. The minimum absolute atomic E-state index is 0.0410. The van der Waals surface area contributed by atoms with E-state index in [0.29, 0.717) is 12.1 Å². The van der Waals surface area contributed by atoms with Crippen molar-refractivity contribution in [1.29, 1.82) is 0 Å². The van der Waals surface area contributed by atoms with Crippen LogP contribution in [0.2, 0.25) is 0 Å². The molecule has 0 saturated carbocycles. The lowest BCUT2D eigenvalue weighted by molar-refractivity contribution is -0.127. The minimum Gasteiger partial charge on any atom is -0.379 e. The number of rotatable bonds is 6. The van der Waals surface area contributed by atoms with Crippen molar-refractivity contribution in [3.05, 3.63) is 0 Å². The van der Waals surface area contributed by atoms with Gasteiger partial charge in [0, 0.05) is 58.9 Å². The highest BCUT2D eigenvalue weighted by atomic mass is 16.5. The summed E-state index contributed by atoms with van der Waals surface area (Å²) in [5, 5.41) is 3.61. The van der Waals surface area contributed by atoms with Crippen LogP contribution in [0.15, 0.2) is 4.99 Å². The second-order valence-electron chi connectivity index (χ2n) is 8.27. The number of hydrogen-bond donors (Lipinski definition) is 1. The fourth-order valence-corrected chi connectivity index (χ4v) is 4.48. The Balaban J connectivity index is 1.60. The van der Waals surface area contributed by atoms with Gasteiger partial charge in [-0.1, -0.05) is 6.92 Å². The first-order chi connectivity index (χ1) is 13.6. The van der Waals surface area contributed by atoms with Crippen LogP contribution in [-0.4, -0.2) is 123 Å². The summed E-state index contributed by atoms with van der Waals surface area (Å²) in [5.74, 6) is 0.938. The first-order valence-corrected chi connectivity index (χ1v) is 10.9. The number of ether oxygens (including phenoxy) is 1. The molecule has 3 saturated heterocycles. The fraction of sp³-hybridized carbons (Fsp3) is 0.900. The van der Waals surface area contributed by atoms with Crippen molar-refractivity contribution >= 4 is 11.9 Å². The molecule has 0 aromatic rings. The van der Waals surface area contributed by atoms with E-state index in [1.165, 1.54) is 19.4 Å². The number of carbonyl (C=O) groups excluding carboxylic acids is 1. The molecule has 0 aromatic heterocycles. The zero-order valence-electron chi connectivity index (χ0n) is 17.9. The van der Waals surface area contributed by atoms with Crippen LogP contribution in [0.5, 0.6) is 0 Å². The lowest BCUT2D eigenvalue weighted by atomic mass is 10.2.